The molecule has 59 heavy (non-hydrogen) atoms. The summed E-state index contributed by atoms with van der Waals surface area (Å²) in [4.78, 5) is 71.6. The number of esters is 4. The third-order valence-electron chi connectivity index (χ3n) is 9.98. The molecule has 18 heteroatoms. The average molecular weight is 830 g/mol. The van der Waals surface area contributed by atoms with Crippen molar-refractivity contribution in [2.45, 2.75) is 91.8 Å². The van der Waals surface area contributed by atoms with Crippen LogP contribution in [0.15, 0.2) is 36.4 Å². The van der Waals surface area contributed by atoms with E-state index in [2.05, 4.69) is 11.2 Å². The van der Waals surface area contributed by atoms with E-state index in [4.69, 9.17) is 44.3 Å². The maximum Gasteiger partial charge on any atom is 0.339 e. The smallest absolute Gasteiger partial charge is 0.339 e. The van der Waals surface area contributed by atoms with Gasteiger partial charge >= 0.3 is 29.8 Å². The number of terminal acetylenes is 1. The summed E-state index contributed by atoms with van der Waals surface area (Å²) in [6.45, 7) is 9.00. The molecule has 2 heterocycles. The van der Waals surface area contributed by atoms with Gasteiger partial charge in [-0.05, 0) is 47.2 Å². The van der Waals surface area contributed by atoms with E-state index in [9.17, 15) is 44.1 Å². The Kier molecular flexibility index (Phi) is 17.6. The maximum absolute atomic E-state index is 12.6. The number of amides is 1. The monoisotopic (exact) mass is 829 g/mol. The number of nitrogens with one attached hydrogen (secondary N) is 1. The van der Waals surface area contributed by atoms with Crippen molar-refractivity contribution < 1.29 is 82.0 Å². The van der Waals surface area contributed by atoms with Crippen LogP contribution >= 0.6 is 0 Å². The third kappa shape index (κ3) is 12.1. The normalized spacial score (nSPS) is 26.0. The Hall–Kier alpha value is -5.74. The maximum atomic E-state index is 12.6. The molecule has 0 unspecified atom stereocenters. The van der Waals surface area contributed by atoms with Gasteiger partial charge in [0, 0.05) is 25.7 Å². The summed E-state index contributed by atoms with van der Waals surface area (Å²) >= 11 is 0. The Morgan fingerprint density at radius 3 is 1.46 bits per heavy atom. The fourth-order valence-electron chi connectivity index (χ4n) is 6.39. The van der Waals surface area contributed by atoms with Crippen LogP contribution in [0.2, 0.25) is 0 Å². The Labute approximate surface area is 341 Å². The number of aliphatic hydroxyl groups excluding tert-OH is 2. The number of carbonyl (C=O) groups excluding carboxylic acids is 5. The SMILES string of the molecule is C#CCNC(=O)c1cc(CO)ccc1O[C@@H]1O[C@H](C(=O)OC)[C@@H](C)[C@H](C)[C@H]1OC(C)=O.COC(=O)[C@H]1O[C@@H](Oc2ccc(CO)cc2C(=O)O)[C@H](OC(C)=O)[C@@H](C)[C@@H]1C. The first-order chi connectivity index (χ1) is 27.9. The lowest BCUT2D eigenvalue weighted by molar-refractivity contribution is -0.249. The van der Waals surface area contributed by atoms with Crippen molar-refractivity contribution in [1.29, 1.82) is 0 Å². The van der Waals surface area contributed by atoms with Gasteiger partial charge in [-0.1, -0.05) is 45.7 Å². The average Bonchev–Trinajstić information content (AvgIpc) is 3.21. The first kappa shape index (κ1) is 47.6. The molecule has 0 aromatic heterocycles. The van der Waals surface area contributed by atoms with Crippen molar-refractivity contribution in [3.8, 4) is 23.8 Å². The molecule has 2 saturated heterocycles. The van der Waals surface area contributed by atoms with Gasteiger partial charge in [0.15, 0.2) is 24.4 Å². The van der Waals surface area contributed by atoms with E-state index in [-0.39, 0.29) is 66.1 Å². The minimum atomic E-state index is -1.27. The molecule has 2 aromatic carbocycles. The van der Waals surface area contributed by atoms with Crippen LogP contribution in [0.5, 0.6) is 11.5 Å². The summed E-state index contributed by atoms with van der Waals surface area (Å²) in [5, 5.41) is 30.6. The van der Waals surface area contributed by atoms with Crippen LogP contribution in [0.1, 0.15) is 73.4 Å². The highest BCUT2D eigenvalue weighted by molar-refractivity contribution is 5.97. The predicted molar refractivity (Wildman–Crippen MR) is 203 cm³/mol. The minimum absolute atomic E-state index is 0.00338. The number of hydrogen-bond donors (Lipinski definition) is 4. The molecule has 2 aliphatic heterocycles. The van der Waals surface area contributed by atoms with Crippen LogP contribution < -0.4 is 14.8 Å². The van der Waals surface area contributed by atoms with Gasteiger partial charge in [0.25, 0.3) is 5.91 Å². The molecule has 0 spiro atoms. The molecule has 0 bridgehead atoms. The number of carboxylic acids is 1. The standard InChI is InChI=1S/C22H27NO8.C19H24O9/c1-6-9-23-20(26)16-10-15(11-24)7-8-17(16)30-22-19(29-14(4)25)13(3)12(2)18(31-22)21(27)28-5;1-9-10(2)16(26-11(3)21)19(28-15(9)18(24)25-4)27-14-6-5-12(8-20)7-13(14)17(22)23/h1,7-8,10,12-13,18-19,22,24H,9,11H2,2-5H3,(H,23,26);5-7,9-10,15-16,19-20H,8H2,1-4H3,(H,22,23)/t12-,13-,18-,19+,22+;9-,10-,15-,16+,19+/m00/s1. The Bertz CT molecular complexity index is 1870. The zero-order valence-electron chi connectivity index (χ0n) is 34.0. The Balaban J connectivity index is 0.000000317. The van der Waals surface area contributed by atoms with E-state index < -0.39 is 72.7 Å². The lowest BCUT2D eigenvalue weighted by Crippen LogP contribution is -2.55. The molecule has 4 N–H and O–H groups in total. The van der Waals surface area contributed by atoms with Crippen molar-refractivity contribution in [2.75, 3.05) is 20.8 Å². The van der Waals surface area contributed by atoms with Crippen LogP contribution in [-0.2, 0) is 60.8 Å². The molecule has 0 radical (unpaired) electrons. The number of benzene rings is 2. The van der Waals surface area contributed by atoms with E-state index in [1.54, 1.807) is 26.8 Å². The molecule has 0 saturated carbocycles. The summed E-state index contributed by atoms with van der Waals surface area (Å²) in [6.07, 6.45) is -0.837. The second-order valence-electron chi connectivity index (χ2n) is 13.9. The molecule has 2 aromatic rings. The van der Waals surface area contributed by atoms with Crippen molar-refractivity contribution in [3.63, 3.8) is 0 Å². The van der Waals surface area contributed by atoms with Gasteiger partial charge in [-0.15, -0.1) is 6.42 Å². The summed E-state index contributed by atoms with van der Waals surface area (Å²) in [6, 6.07) is 8.65. The lowest BCUT2D eigenvalue weighted by atomic mass is 9.83. The van der Waals surface area contributed by atoms with Gasteiger partial charge in [-0.2, -0.15) is 0 Å². The van der Waals surface area contributed by atoms with Crippen LogP contribution in [-0.4, -0.2) is 109 Å². The molecule has 2 fully saturated rings. The predicted octanol–water partition coefficient (Wildman–Crippen LogP) is 2.38. The van der Waals surface area contributed by atoms with Crippen LogP contribution in [0.3, 0.4) is 0 Å². The van der Waals surface area contributed by atoms with E-state index in [1.807, 2.05) is 6.92 Å². The van der Waals surface area contributed by atoms with Crippen molar-refractivity contribution >= 4 is 35.8 Å². The van der Waals surface area contributed by atoms with Gasteiger partial charge in [-0.25, -0.2) is 14.4 Å². The first-order valence-electron chi connectivity index (χ1n) is 18.5. The molecule has 2 aliphatic rings. The van der Waals surface area contributed by atoms with Gasteiger partial charge in [-0.3, -0.25) is 14.4 Å². The second-order valence-corrected chi connectivity index (χ2v) is 13.9. The van der Waals surface area contributed by atoms with Crippen molar-refractivity contribution in [2.24, 2.45) is 23.7 Å². The van der Waals surface area contributed by atoms with Crippen LogP contribution in [0, 0.1) is 36.0 Å². The number of rotatable bonds is 13. The molecule has 4 rings (SSSR count). The van der Waals surface area contributed by atoms with Gasteiger partial charge in [0.05, 0.1) is 39.5 Å². The summed E-state index contributed by atoms with van der Waals surface area (Å²) in [5.41, 5.74) is 0.777. The summed E-state index contributed by atoms with van der Waals surface area (Å²) in [5.74, 6) is -3.03. The Morgan fingerprint density at radius 2 is 1.10 bits per heavy atom. The lowest BCUT2D eigenvalue weighted by Gasteiger charge is -2.42. The highest BCUT2D eigenvalue weighted by Gasteiger charge is 2.49. The molecule has 0 aliphatic carbocycles. The first-order valence-corrected chi connectivity index (χ1v) is 18.5. The topological polar surface area (TPSA) is 249 Å². The quantitative estimate of drug-likeness (QED) is 0.129. The fraction of sp³-hybridized carbons (Fsp3) is 0.512. The number of aliphatic hydroxyl groups is 2. The molecular formula is C41H51NO17. The number of ether oxygens (including phenoxy) is 8. The zero-order chi connectivity index (χ0) is 44.1. The van der Waals surface area contributed by atoms with Crippen LogP contribution in [0.25, 0.3) is 0 Å². The van der Waals surface area contributed by atoms with E-state index in [0.717, 1.165) is 0 Å². The fourth-order valence-corrected chi connectivity index (χ4v) is 6.39. The van der Waals surface area contributed by atoms with Gasteiger partial charge in [0.2, 0.25) is 12.6 Å². The number of hydrogen-bond acceptors (Lipinski definition) is 16. The highest BCUT2D eigenvalue weighted by Crippen LogP contribution is 2.37. The minimum Gasteiger partial charge on any atom is -0.478 e. The molecular weight excluding hydrogens is 778 g/mol. The third-order valence-corrected chi connectivity index (χ3v) is 9.98. The zero-order valence-corrected chi connectivity index (χ0v) is 34.0. The molecule has 18 nitrogen and oxygen atoms in total. The highest BCUT2D eigenvalue weighted by atomic mass is 16.7. The Morgan fingerprint density at radius 1 is 0.695 bits per heavy atom. The second kappa shape index (κ2) is 21.9. The van der Waals surface area contributed by atoms with Gasteiger partial charge < -0.3 is 58.5 Å². The van der Waals surface area contributed by atoms with Gasteiger partial charge in [0.1, 0.15) is 17.1 Å². The largest absolute Gasteiger partial charge is 0.478 e. The van der Waals surface area contributed by atoms with Crippen molar-refractivity contribution in [1.82, 2.24) is 5.32 Å². The number of methoxy groups -OCH3 is 2. The summed E-state index contributed by atoms with van der Waals surface area (Å²) < 4.78 is 43.6. The molecule has 322 valence electrons. The van der Waals surface area contributed by atoms with E-state index in [1.165, 1.54) is 58.4 Å². The van der Waals surface area contributed by atoms with E-state index in [0.29, 0.717) is 11.1 Å². The van der Waals surface area contributed by atoms with E-state index >= 15 is 0 Å². The number of carbonyl (C=O) groups is 6. The number of carboxylic acid groups (broad SMARTS) is 1. The molecule has 10 atom stereocenters. The van der Waals surface area contributed by atoms with Crippen molar-refractivity contribution in [3.05, 3.63) is 58.7 Å². The number of aromatic carboxylic acids is 1. The van der Waals surface area contributed by atoms with Crippen LogP contribution in [0.4, 0.5) is 0 Å². The molecule has 1 amide bonds. The summed E-state index contributed by atoms with van der Waals surface area (Å²) in [7, 11) is 2.48.